The number of nitrogens with one attached hydrogen (secondary N) is 1. The molecule has 224 valence electrons. The van der Waals surface area contributed by atoms with Crippen molar-refractivity contribution in [1.29, 1.82) is 0 Å². The quantitative estimate of drug-likeness (QED) is 0.196. The summed E-state index contributed by atoms with van der Waals surface area (Å²) in [4.78, 5) is 29.4. The monoisotopic (exact) mass is 637 g/mol. The van der Waals surface area contributed by atoms with E-state index in [-0.39, 0.29) is 35.5 Å². The van der Waals surface area contributed by atoms with E-state index in [9.17, 15) is 18.0 Å². The zero-order valence-corrected chi connectivity index (χ0v) is 26.2. The molecule has 1 N–H and O–H groups in total. The van der Waals surface area contributed by atoms with Crippen LogP contribution in [0.1, 0.15) is 25.0 Å². The Hall–Kier alpha value is -3.85. The van der Waals surface area contributed by atoms with E-state index in [4.69, 9.17) is 23.2 Å². The van der Waals surface area contributed by atoms with Gasteiger partial charge in [0, 0.05) is 29.1 Å². The molecule has 0 aromatic heterocycles. The number of amides is 2. The van der Waals surface area contributed by atoms with Crippen LogP contribution in [-0.4, -0.2) is 43.8 Å². The molecule has 43 heavy (non-hydrogen) atoms. The van der Waals surface area contributed by atoms with Crippen molar-refractivity contribution in [2.24, 2.45) is 0 Å². The average Bonchev–Trinajstić information content (AvgIpc) is 2.98. The Balaban J connectivity index is 1.79. The van der Waals surface area contributed by atoms with Gasteiger partial charge in [0.15, 0.2) is 0 Å². The van der Waals surface area contributed by atoms with Crippen LogP contribution in [0.25, 0.3) is 0 Å². The number of hydrogen-bond acceptors (Lipinski definition) is 4. The summed E-state index contributed by atoms with van der Waals surface area (Å²) in [7, 11) is -4.24. The van der Waals surface area contributed by atoms with Crippen LogP contribution < -0.4 is 9.62 Å². The van der Waals surface area contributed by atoms with Crippen molar-refractivity contribution in [3.63, 3.8) is 0 Å². The normalized spacial score (nSPS) is 12.0. The zero-order valence-electron chi connectivity index (χ0n) is 23.9. The van der Waals surface area contributed by atoms with Crippen molar-refractivity contribution in [2.75, 3.05) is 10.8 Å². The molecular formula is C33H33Cl2N3O4S. The Morgan fingerprint density at radius 2 is 1.37 bits per heavy atom. The van der Waals surface area contributed by atoms with Crippen LogP contribution in [0.3, 0.4) is 0 Å². The summed E-state index contributed by atoms with van der Waals surface area (Å²) < 4.78 is 29.0. The Morgan fingerprint density at radius 1 is 0.767 bits per heavy atom. The van der Waals surface area contributed by atoms with Crippen LogP contribution in [-0.2, 0) is 32.6 Å². The summed E-state index contributed by atoms with van der Waals surface area (Å²) in [5.74, 6) is -0.890. The first-order valence-corrected chi connectivity index (χ1v) is 16.0. The highest BCUT2D eigenvalue weighted by Crippen LogP contribution is 2.28. The van der Waals surface area contributed by atoms with Crippen LogP contribution in [0.15, 0.2) is 114 Å². The summed E-state index contributed by atoms with van der Waals surface area (Å²) in [5, 5.41) is 3.62. The maximum absolute atomic E-state index is 14.4. The van der Waals surface area contributed by atoms with Gasteiger partial charge in [-0.3, -0.25) is 13.9 Å². The van der Waals surface area contributed by atoms with Gasteiger partial charge in [-0.2, -0.15) is 0 Å². The molecule has 2 amide bonds. The number of carbonyl (C=O) groups excluding carboxylic acids is 2. The Labute approximate surface area is 263 Å². The predicted molar refractivity (Wildman–Crippen MR) is 172 cm³/mol. The number of benzene rings is 4. The molecule has 0 fully saturated rings. The average molecular weight is 639 g/mol. The highest BCUT2D eigenvalue weighted by Gasteiger charge is 2.34. The number of halogens is 2. The molecule has 1 atom stereocenters. The van der Waals surface area contributed by atoms with Gasteiger partial charge in [-0.1, -0.05) is 89.9 Å². The van der Waals surface area contributed by atoms with Gasteiger partial charge in [-0.25, -0.2) is 8.42 Å². The van der Waals surface area contributed by atoms with Crippen LogP contribution in [0.4, 0.5) is 5.69 Å². The van der Waals surface area contributed by atoms with Gasteiger partial charge in [0.05, 0.1) is 10.6 Å². The summed E-state index contributed by atoms with van der Waals surface area (Å²) in [6, 6.07) is 29.6. The van der Waals surface area contributed by atoms with E-state index in [0.29, 0.717) is 10.0 Å². The van der Waals surface area contributed by atoms with Crippen molar-refractivity contribution in [2.45, 2.75) is 43.8 Å². The lowest BCUT2D eigenvalue weighted by molar-refractivity contribution is -0.140. The van der Waals surface area contributed by atoms with E-state index in [1.165, 1.54) is 35.2 Å². The highest BCUT2D eigenvalue weighted by atomic mass is 35.5. The summed E-state index contributed by atoms with van der Waals surface area (Å²) >= 11 is 12.3. The molecule has 0 radical (unpaired) electrons. The standard InChI is InChI=1S/C33H33Cl2N3O4S/c1-24(2)36-33(40)31(20-25-10-5-3-6-11-25)37(22-26-12-7-4-8-13-26)32(39)23-38(29-15-9-14-28(35)21-29)43(41,42)30-18-16-27(34)17-19-30/h3-19,21,24,31H,20,22-23H2,1-2H3,(H,36,40). The van der Waals surface area contributed by atoms with Gasteiger partial charge in [0.25, 0.3) is 10.0 Å². The molecule has 1 unspecified atom stereocenters. The molecule has 0 saturated heterocycles. The van der Waals surface area contributed by atoms with Gasteiger partial charge in [-0.05, 0) is 67.4 Å². The van der Waals surface area contributed by atoms with E-state index in [0.717, 1.165) is 15.4 Å². The fourth-order valence-corrected chi connectivity index (χ4v) is 6.33. The molecule has 0 spiro atoms. The molecule has 0 aliphatic rings. The van der Waals surface area contributed by atoms with E-state index in [1.54, 1.807) is 18.2 Å². The fraction of sp³-hybridized carbons (Fsp3) is 0.212. The van der Waals surface area contributed by atoms with Crippen LogP contribution >= 0.6 is 23.2 Å². The molecule has 4 aromatic rings. The van der Waals surface area contributed by atoms with Gasteiger partial charge in [-0.15, -0.1) is 0 Å². The second kappa shape index (κ2) is 14.6. The van der Waals surface area contributed by atoms with E-state index in [2.05, 4.69) is 5.32 Å². The largest absolute Gasteiger partial charge is 0.352 e. The first kappa shape index (κ1) is 32.1. The maximum Gasteiger partial charge on any atom is 0.264 e. The molecule has 7 nitrogen and oxygen atoms in total. The first-order valence-electron chi connectivity index (χ1n) is 13.8. The molecule has 0 saturated carbocycles. The first-order chi connectivity index (χ1) is 20.5. The topological polar surface area (TPSA) is 86.8 Å². The van der Waals surface area contributed by atoms with Gasteiger partial charge >= 0.3 is 0 Å². The third-order valence-corrected chi connectivity index (χ3v) is 8.95. The molecule has 0 aliphatic carbocycles. The number of rotatable bonds is 12. The van der Waals surface area contributed by atoms with Gasteiger partial charge in [0.1, 0.15) is 12.6 Å². The smallest absolute Gasteiger partial charge is 0.264 e. The van der Waals surface area contributed by atoms with Crippen LogP contribution in [0.5, 0.6) is 0 Å². The van der Waals surface area contributed by atoms with Gasteiger partial charge in [0.2, 0.25) is 11.8 Å². The zero-order chi connectivity index (χ0) is 31.0. The summed E-state index contributed by atoms with van der Waals surface area (Å²) in [6.45, 7) is 3.21. The van der Waals surface area contributed by atoms with Crippen LogP contribution in [0, 0.1) is 0 Å². The third-order valence-electron chi connectivity index (χ3n) is 6.67. The van der Waals surface area contributed by atoms with E-state index in [1.807, 2.05) is 74.5 Å². The Kier molecular flexibility index (Phi) is 10.9. The second-order valence-electron chi connectivity index (χ2n) is 10.3. The lowest BCUT2D eigenvalue weighted by atomic mass is 10.0. The number of nitrogens with zero attached hydrogens (tertiary/aromatic N) is 2. The van der Waals surface area contributed by atoms with Crippen molar-refractivity contribution < 1.29 is 18.0 Å². The SMILES string of the molecule is CC(C)NC(=O)C(Cc1ccccc1)N(Cc1ccccc1)C(=O)CN(c1cccc(Cl)c1)S(=O)(=O)c1ccc(Cl)cc1. The minimum Gasteiger partial charge on any atom is -0.352 e. The maximum atomic E-state index is 14.4. The summed E-state index contributed by atoms with van der Waals surface area (Å²) in [5.41, 5.74) is 1.86. The summed E-state index contributed by atoms with van der Waals surface area (Å²) in [6.07, 6.45) is 0.235. The molecule has 0 aliphatic heterocycles. The minimum atomic E-state index is -4.24. The molecule has 4 rings (SSSR count). The number of carbonyl (C=O) groups is 2. The van der Waals surface area contributed by atoms with Crippen molar-refractivity contribution in [3.8, 4) is 0 Å². The number of anilines is 1. The lowest BCUT2D eigenvalue weighted by Crippen LogP contribution is -2.54. The Morgan fingerprint density at radius 3 is 1.95 bits per heavy atom. The predicted octanol–water partition coefficient (Wildman–Crippen LogP) is 6.35. The third kappa shape index (κ3) is 8.60. The lowest BCUT2D eigenvalue weighted by Gasteiger charge is -2.34. The minimum absolute atomic E-state index is 0.0438. The number of hydrogen-bond donors (Lipinski definition) is 1. The van der Waals surface area contributed by atoms with Crippen LogP contribution in [0.2, 0.25) is 10.0 Å². The number of sulfonamides is 1. The molecule has 0 heterocycles. The highest BCUT2D eigenvalue weighted by molar-refractivity contribution is 7.92. The molecule has 4 aromatic carbocycles. The van der Waals surface area contributed by atoms with Crippen molar-refractivity contribution in [3.05, 3.63) is 130 Å². The molecule has 10 heteroatoms. The van der Waals surface area contributed by atoms with Crippen molar-refractivity contribution in [1.82, 2.24) is 10.2 Å². The fourth-order valence-electron chi connectivity index (χ4n) is 4.61. The van der Waals surface area contributed by atoms with E-state index >= 15 is 0 Å². The van der Waals surface area contributed by atoms with Crippen molar-refractivity contribution >= 4 is 50.7 Å². The molecular weight excluding hydrogens is 605 g/mol. The molecule has 0 bridgehead atoms. The second-order valence-corrected chi connectivity index (χ2v) is 13.1. The van der Waals surface area contributed by atoms with E-state index < -0.39 is 28.5 Å². The Bertz CT molecular complexity index is 1630. The van der Waals surface area contributed by atoms with Gasteiger partial charge < -0.3 is 10.2 Å².